The molecular formula is C19H20ClN3O3. The molecule has 1 aliphatic heterocycles. The maximum absolute atomic E-state index is 12.2. The third-order valence-corrected chi connectivity index (χ3v) is 4.87. The SMILES string of the molecule is O=C1CC(CNc2ccc([N+](=O)[O-])cc2Cl)CN1CCc1ccccc1. The first-order chi connectivity index (χ1) is 12.5. The first-order valence-electron chi connectivity index (χ1n) is 8.52. The van der Waals surface area contributed by atoms with Crippen molar-refractivity contribution in [3.63, 3.8) is 0 Å². The van der Waals surface area contributed by atoms with Gasteiger partial charge in [0.05, 0.1) is 15.6 Å². The average Bonchev–Trinajstić information content (AvgIpc) is 2.99. The van der Waals surface area contributed by atoms with E-state index >= 15 is 0 Å². The van der Waals surface area contributed by atoms with Gasteiger partial charge in [0.25, 0.3) is 5.69 Å². The van der Waals surface area contributed by atoms with Gasteiger partial charge in [0.2, 0.25) is 5.91 Å². The van der Waals surface area contributed by atoms with Crippen LogP contribution in [0.3, 0.4) is 0 Å². The van der Waals surface area contributed by atoms with E-state index in [0.29, 0.717) is 30.2 Å². The summed E-state index contributed by atoms with van der Waals surface area (Å²) < 4.78 is 0. The number of hydrogen-bond donors (Lipinski definition) is 1. The number of likely N-dealkylation sites (tertiary alicyclic amines) is 1. The number of non-ortho nitro benzene ring substituents is 1. The van der Waals surface area contributed by atoms with Crippen LogP contribution in [0.5, 0.6) is 0 Å². The third kappa shape index (κ3) is 4.52. The van der Waals surface area contributed by atoms with Crippen LogP contribution in [-0.2, 0) is 11.2 Å². The maximum Gasteiger partial charge on any atom is 0.271 e. The van der Waals surface area contributed by atoms with E-state index in [9.17, 15) is 14.9 Å². The summed E-state index contributed by atoms with van der Waals surface area (Å²) in [4.78, 5) is 24.4. The van der Waals surface area contributed by atoms with E-state index < -0.39 is 4.92 Å². The standard InChI is InChI=1S/C19H20ClN3O3/c20-17-11-16(23(25)26)6-7-18(17)21-12-15-10-19(24)22(13-15)9-8-14-4-2-1-3-5-14/h1-7,11,15,21H,8-10,12-13H2. The molecule has 1 N–H and O–H groups in total. The number of halogens is 1. The Morgan fingerprint density at radius 2 is 2.00 bits per heavy atom. The number of benzene rings is 2. The molecule has 1 heterocycles. The molecule has 0 radical (unpaired) electrons. The van der Waals surface area contributed by atoms with Crippen molar-refractivity contribution in [3.05, 3.63) is 69.2 Å². The lowest BCUT2D eigenvalue weighted by Gasteiger charge is -2.17. The van der Waals surface area contributed by atoms with Crippen molar-refractivity contribution in [1.29, 1.82) is 0 Å². The lowest BCUT2D eigenvalue weighted by molar-refractivity contribution is -0.384. The summed E-state index contributed by atoms with van der Waals surface area (Å²) >= 11 is 6.09. The van der Waals surface area contributed by atoms with Gasteiger partial charge in [0.15, 0.2) is 0 Å². The van der Waals surface area contributed by atoms with Crippen LogP contribution in [0, 0.1) is 16.0 Å². The zero-order valence-corrected chi connectivity index (χ0v) is 15.0. The minimum absolute atomic E-state index is 0.0383. The van der Waals surface area contributed by atoms with E-state index in [1.54, 1.807) is 6.07 Å². The first kappa shape index (κ1) is 18.2. The van der Waals surface area contributed by atoms with Gasteiger partial charge in [0, 0.05) is 44.1 Å². The Morgan fingerprint density at radius 3 is 2.69 bits per heavy atom. The smallest absolute Gasteiger partial charge is 0.271 e. The highest BCUT2D eigenvalue weighted by Crippen LogP contribution is 2.27. The van der Waals surface area contributed by atoms with Gasteiger partial charge in [-0.25, -0.2) is 0 Å². The van der Waals surface area contributed by atoms with Gasteiger partial charge in [-0.2, -0.15) is 0 Å². The number of anilines is 1. The van der Waals surface area contributed by atoms with Gasteiger partial charge in [-0.1, -0.05) is 41.9 Å². The molecule has 3 rings (SSSR count). The van der Waals surface area contributed by atoms with Crippen molar-refractivity contribution in [2.24, 2.45) is 5.92 Å². The van der Waals surface area contributed by atoms with Crippen molar-refractivity contribution in [2.75, 3.05) is 25.0 Å². The van der Waals surface area contributed by atoms with Crippen molar-refractivity contribution in [3.8, 4) is 0 Å². The number of nitro groups is 1. The van der Waals surface area contributed by atoms with Crippen molar-refractivity contribution in [2.45, 2.75) is 12.8 Å². The Hall–Kier alpha value is -2.60. The lowest BCUT2D eigenvalue weighted by Crippen LogP contribution is -2.28. The number of rotatable bonds is 7. The predicted molar refractivity (Wildman–Crippen MR) is 101 cm³/mol. The van der Waals surface area contributed by atoms with Gasteiger partial charge < -0.3 is 10.2 Å². The Kier molecular flexibility index (Phi) is 5.73. The van der Waals surface area contributed by atoms with E-state index in [1.165, 1.54) is 17.7 Å². The quantitative estimate of drug-likeness (QED) is 0.592. The Balaban J connectivity index is 1.50. The highest BCUT2D eigenvalue weighted by atomic mass is 35.5. The molecule has 2 aromatic rings. The minimum Gasteiger partial charge on any atom is -0.383 e. The lowest BCUT2D eigenvalue weighted by atomic mass is 10.1. The van der Waals surface area contributed by atoms with E-state index in [2.05, 4.69) is 17.4 Å². The fourth-order valence-electron chi connectivity index (χ4n) is 3.13. The molecule has 1 saturated heterocycles. The van der Waals surface area contributed by atoms with E-state index in [0.717, 1.165) is 13.0 Å². The normalized spacial score (nSPS) is 16.7. The number of nitrogens with one attached hydrogen (secondary N) is 1. The molecule has 1 atom stereocenters. The molecule has 1 amide bonds. The number of nitro benzene ring substituents is 1. The topological polar surface area (TPSA) is 75.5 Å². The summed E-state index contributed by atoms with van der Waals surface area (Å²) in [5.41, 5.74) is 1.83. The molecule has 0 aliphatic carbocycles. The average molecular weight is 374 g/mol. The van der Waals surface area contributed by atoms with E-state index in [1.807, 2.05) is 23.1 Å². The van der Waals surface area contributed by atoms with E-state index in [4.69, 9.17) is 11.6 Å². The van der Waals surface area contributed by atoms with Gasteiger partial charge >= 0.3 is 0 Å². The highest BCUT2D eigenvalue weighted by Gasteiger charge is 2.29. The summed E-state index contributed by atoms with van der Waals surface area (Å²) in [6.45, 7) is 2.03. The molecule has 0 saturated carbocycles. The van der Waals surface area contributed by atoms with Crippen LogP contribution in [-0.4, -0.2) is 35.4 Å². The molecule has 7 heteroatoms. The first-order valence-corrected chi connectivity index (χ1v) is 8.90. The van der Waals surface area contributed by atoms with Crippen molar-refractivity contribution >= 4 is 28.9 Å². The molecule has 1 aliphatic rings. The number of carbonyl (C=O) groups excluding carboxylic acids is 1. The van der Waals surface area contributed by atoms with E-state index in [-0.39, 0.29) is 17.5 Å². The number of amides is 1. The monoisotopic (exact) mass is 373 g/mol. The fourth-order valence-corrected chi connectivity index (χ4v) is 3.37. The molecular weight excluding hydrogens is 354 g/mol. The molecule has 1 fully saturated rings. The summed E-state index contributed by atoms with van der Waals surface area (Å²) in [6.07, 6.45) is 1.35. The second kappa shape index (κ2) is 8.19. The highest BCUT2D eigenvalue weighted by molar-refractivity contribution is 6.33. The Labute approximate surface area is 156 Å². The van der Waals surface area contributed by atoms with Crippen LogP contribution >= 0.6 is 11.6 Å². The molecule has 26 heavy (non-hydrogen) atoms. The van der Waals surface area contributed by atoms with Crippen LogP contribution in [0.25, 0.3) is 0 Å². The second-order valence-electron chi connectivity index (χ2n) is 6.45. The number of nitrogens with zero attached hydrogens (tertiary/aromatic N) is 2. The Bertz CT molecular complexity index is 798. The summed E-state index contributed by atoms with van der Waals surface area (Å²) in [6, 6.07) is 14.5. The maximum atomic E-state index is 12.2. The second-order valence-corrected chi connectivity index (χ2v) is 6.85. The van der Waals surface area contributed by atoms with Gasteiger partial charge in [-0.05, 0) is 18.1 Å². The summed E-state index contributed by atoms with van der Waals surface area (Å²) in [5, 5.41) is 14.3. The number of carbonyl (C=O) groups is 1. The van der Waals surface area contributed by atoms with Gasteiger partial charge in [0.1, 0.15) is 0 Å². The molecule has 6 nitrogen and oxygen atoms in total. The molecule has 0 aromatic heterocycles. The zero-order valence-electron chi connectivity index (χ0n) is 14.2. The molecule has 136 valence electrons. The largest absolute Gasteiger partial charge is 0.383 e. The van der Waals surface area contributed by atoms with Crippen LogP contribution in [0.15, 0.2) is 48.5 Å². The van der Waals surface area contributed by atoms with Crippen LogP contribution < -0.4 is 5.32 Å². The molecule has 0 spiro atoms. The number of hydrogen-bond acceptors (Lipinski definition) is 4. The van der Waals surface area contributed by atoms with Gasteiger partial charge in [-0.3, -0.25) is 14.9 Å². The van der Waals surface area contributed by atoms with Gasteiger partial charge in [-0.15, -0.1) is 0 Å². The van der Waals surface area contributed by atoms with Crippen molar-refractivity contribution in [1.82, 2.24) is 4.90 Å². The van der Waals surface area contributed by atoms with Crippen LogP contribution in [0.2, 0.25) is 5.02 Å². The minimum atomic E-state index is -0.476. The summed E-state index contributed by atoms with van der Waals surface area (Å²) in [7, 11) is 0. The van der Waals surface area contributed by atoms with Crippen LogP contribution in [0.4, 0.5) is 11.4 Å². The summed E-state index contributed by atoms with van der Waals surface area (Å²) in [5.74, 6) is 0.368. The fraction of sp³-hybridized carbons (Fsp3) is 0.316. The molecule has 0 bridgehead atoms. The van der Waals surface area contributed by atoms with Crippen LogP contribution in [0.1, 0.15) is 12.0 Å². The zero-order chi connectivity index (χ0) is 18.5. The van der Waals surface area contributed by atoms with Crippen molar-refractivity contribution < 1.29 is 9.72 Å². The predicted octanol–water partition coefficient (Wildman–Crippen LogP) is 3.75. The molecule has 1 unspecified atom stereocenters. The Morgan fingerprint density at radius 1 is 1.23 bits per heavy atom. The third-order valence-electron chi connectivity index (χ3n) is 4.55. The molecule has 2 aromatic carbocycles.